The second kappa shape index (κ2) is 7.80. The van der Waals surface area contributed by atoms with Crippen LogP contribution in [0.4, 0.5) is 0 Å². The molecule has 0 saturated heterocycles. The molecular formula is C20H21N7O2. The lowest BCUT2D eigenvalue weighted by Gasteiger charge is -2.10. The minimum Gasteiger partial charge on any atom is -0.364 e. The van der Waals surface area contributed by atoms with E-state index in [1.165, 1.54) is 0 Å². The first kappa shape index (κ1) is 18.8. The number of carbonyl (C=O) groups excluding carboxylic acids is 1. The Morgan fingerprint density at radius 1 is 1.24 bits per heavy atom. The van der Waals surface area contributed by atoms with Gasteiger partial charge in [0.2, 0.25) is 0 Å². The van der Waals surface area contributed by atoms with Gasteiger partial charge >= 0.3 is 0 Å². The van der Waals surface area contributed by atoms with Crippen LogP contribution in [-0.2, 0) is 11.2 Å². The van der Waals surface area contributed by atoms with Gasteiger partial charge in [-0.25, -0.2) is 5.43 Å². The molecule has 4 heterocycles. The number of aromatic amines is 1. The number of aryl methyl sites for hydroxylation is 1. The summed E-state index contributed by atoms with van der Waals surface area (Å²) in [7, 11) is 4.07. The van der Waals surface area contributed by atoms with Crippen molar-refractivity contribution in [3.63, 3.8) is 0 Å². The topological polar surface area (TPSA) is 112 Å². The Kier molecular flexibility index (Phi) is 5.05. The maximum Gasteiger partial charge on any atom is 0.273 e. The number of hydrogen-bond donors (Lipinski definition) is 2. The average molecular weight is 391 g/mol. The van der Waals surface area contributed by atoms with E-state index >= 15 is 0 Å². The molecule has 0 fully saturated rings. The van der Waals surface area contributed by atoms with Gasteiger partial charge in [0.1, 0.15) is 23.4 Å². The lowest BCUT2D eigenvalue weighted by Crippen LogP contribution is -2.15. The van der Waals surface area contributed by atoms with Crippen LogP contribution in [0.2, 0.25) is 0 Å². The Balaban J connectivity index is 1.81. The predicted molar refractivity (Wildman–Crippen MR) is 108 cm³/mol. The molecule has 1 aliphatic rings. The fraction of sp³-hybridized carbons (Fsp3) is 0.250. The highest BCUT2D eigenvalue weighted by Gasteiger charge is 2.27. The van der Waals surface area contributed by atoms with E-state index in [0.29, 0.717) is 22.7 Å². The van der Waals surface area contributed by atoms with Gasteiger partial charge in [0.25, 0.3) is 5.91 Å². The third-order valence-corrected chi connectivity index (χ3v) is 4.71. The summed E-state index contributed by atoms with van der Waals surface area (Å²) in [5, 5.41) is 8.27. The summed E-state index contributed by atoms with van der Waals surface area (Å²) in [6.07, 6.45) is 8.87. The van der Waals surface area contributed by atoms with Gasteiger partial charge in [0.05, 0.1) is 11.8 Å². The number of amides is 1. The van der Waals surface area contributed by atoms with Crippen molar-refractivity contribution in [3.05, 3.63) is 59.1 Å². The second-order valence-corrected chi connectivity index (χ2v) is 7.01. The van der Waals surface area contributed by atoms with Gasteiger partial charge in [-0.1, -0.05) is 5.16 Å². The first-order chi connectivity index (χ1) is 14.0. The maximum absolute atomic E-state index is 12.5. The number of rotatable bonds is 6. The number of aromatic nitrogens is 4. The molecule has 0 bridgehead atoms. The Hall–Kier alpha value is -3.59. The van der Waals surface area contributed by atoms with Crippen LogP contribution in [0.15, 0.2) is 46.1 Å². The van der Waals surface area contributed by atoms with E-state index in [1.54, 1.807) is 30.9 Å². The third kappa shape index (κ3) is 3.72. The number of carbonyl (C=O) groups is 1. The SMILES string of the molecule is Cc1[nH]c(C=C2C(=O)NN=C2c2cnccn2)c(-c2ccon2)c1CCN(C)C. The zero-order valence-corrected chi connectivity index (χ0v) is 16.4. The molecule has 1 aliphatic heterocycles. The molecule has 2 N–H and O–H groups in total. The molecule has 148 valence electrons. The van der Waals surface area contributed by atoms with Crippen LogP contribution in [0.5, 0.6) is 0 Å². The maximum atomic E-state index is 12.5. The highest BCUT2D eigenvalue weighted by molar-refractivity contribution is 6.32. The number of nitrogens with one attached hydrogen (secondary N) is 2. The molecule has 0 saturated carbocycles. The first-order valence-corrected chi connectivity index (χ1v) is 9.18. The van der Waals surface area contributed by atoms with Gasteiger partial charge in [-0.15, -0.1) is 0 Å². The average Bonchev–Trinajstić information content (AvgIpc) is 3.42. The summed E-state index contributed by atoms with van der Waals surface area (Å²) in [4.78, 5) is 26.3. The van der Waals surface area contributed by atoms with E-state index < -0.39 is 0 Å². The van der Waals surface area contributed by atoms with E-state index in [0.717, 1.165) is 35.5 Å². The highest BCUT2D eigenvalue weighted by Crippen LogP contribution is 2.32. The fourth-order valence-corrected chi connectivity index (χ4v) is 3.31. The quantitative estimate of drug-likeness (QED) is 0.620. The van der Waals surface area contributed by atoms with Crippen LogP contribution in [0.3, 0.4) is 0 Å². The summed E-state index contributed by atoms with van der Waals surface area (Å²) >= 11 is 0. The minimum atomic E-state index is -0.293. The van der Waals surface area contributed by atoms with Gasteiger partial charge < -0.3 is 14.4 Å². The molecule has 0 spiro atoms. The van der Waals surface area contributed by atoms with E-state index in [9.17, 15) is 4.79 Å². The van der Waals surface area contributed by atoms with Crippen LogP contribution in [0.1, 0.15) is 22.6 Å². The lowest BCUT2D eigenvalue weighted by molar-refractivity contribution is -0.116. The summed E-state index contributed by atoms with van der Waals surface area (Å²) in [5.74, 6) is -0.293. The molecule has 0 aliphatic carbocycles. The largest absolute Gasteiger partial charge is 0.364 e. The molecule has 29 heavy (non-hydrogen) atoms. The van der Waals surface area contributed by atoms with E-state index in [-0.39, 0.29) is 5.91 Å². The smallest absolute Gasteiger partial charge is 0.273 e. The van der Waals surface area contributed by atoms with Gasteiger partial charge in [0, 0.05) is 42.0 Å². The molecule has 0 radical (unpaired) electrons. The monoisotopic (exact) mass is 391 g/mol. The Bertz CT molecular complexity index is 1080. The van der Waals surface area contributed by atoms with Gasteiger partial charge in [0.15, 0.2) is 0 Å². The number of nitrogens with zero attached hydrogens (tertiary/aromatic N) is 5. The Morgan fingerprint density at radius 3 is 2.79 bits per heavy atom. The van der Waals surface area contributed by atoms with Crippen molar-refractivity contribution < 1.29 is 9.32 Å². The number of H-pyrrole nitrogens is 1. The van der Waals surface area contributed by atoms with Crippen molar-refractivity contribution in [1.82, 2.24) is 30.4 Å². The number of likely N-dealkylation sites (N-methyl/N-ethyl adjacent to an activating group) is 1. The zero-order chi connectivity index (χ0) is 20.4. The molecule has 0 atom stereocenters. The van der Waals surface area contributed by atoms with Crippen molar-refractivity contribution in [2.45, 2.75) is 13.3 Å². The summed E-state index contributed by atoms with van der Waals surface area (Å²) in [5.41, 5.74) is 8.47. The first-order valence-electron chi connectivity index (χ1n) is 9.18. The molecule has 9 heteroatoms. The van der Waals surface area contributed by atoms with Crippen molar-refractivity contribution in [2.75, 3.05) is 20.6 Å². The molecule has 9 nitrogen and oxygen atoms in total. The minimum absolute atomic E-state index is 0.293. The molecule has 3 aromatic heterocycles. The Morgan fingerprint density at radius 2 is 2.10 bits per heavy atom. The number of hydrogen-bond acceptors (Lipinski definition) is 7. The van der Waals surface area contributed by atoms with E-state index in [1.807, 2.05) is 27.1 Å². The van der Waals surface area contributed by atoms with Crippen LogP contribution in [0, 0.1) is 6.92 Å². The summed E-state index contributed by atoms with van der Waals surface area (Å²) < 4.78 is 5.08. The normalized spacial score (nSPS) is 15.2. The molecule has 1 amide bonds. The highest BCUT2D eigenvalue weighted by atomic mass is 16.5. The molecule has 3 aromatic rings. The number of hydrazone groups is 1. The van der Waals surface area contributed by atoms with Gasteiger partial charge in [-0.05, 0) is 39.1 Å². The van der Waals surface area contributed by atoms with Crippen LogP contribution in [-0.4, -0.2) is 57.3 Å². The molecule has 0 aromatic carbocycles. The molecular weight excluding hydrogens is 370 g/mol. The zero-order valence-electron chi connectivity index (χ0n) is 16.4. The van der Waals surface area contributed by atoms with Crippen molar-refractivity contribution in [2.24, 2.45) is 5.10 Å². The Labute approximate surface area is 167 Å². The van der Waals surface area contributed by atoms with Gasteiger partial charge in [-0.2, -0.15) is 5.10 Å². The summed E-state index contributed by atoms with van der Waals surface area (Å²) in [6.45, 7) is 2.90. The van der Waals surface area contributed by atoms with Crippen LogP contribution >= 0.6 is 0 Å². The molecule has 0 unspecified atom stereocenters. The molecule has 4 rings (SSSR count). The van der Waals surface area contributed by atoms with Crippen LogP contribution < -0.4 is 5.43 Å². The standard InChI is InChI=1S/C20H21N7O2/c1-12-13(4-8-27(2)3)18(15-5-9-29-26-15)16(23-12)10-14-19(24-25-20(14)28)17-11-21-6-7-22-17/h5-7,9-11,23H,4,8H2,1-3H3,(H,25,28). The van der Waals surface area contributed by atoms with Crippen molar-refractivity contribution >= 4 is 17.7 Å². The fourth-order valence-electron chi connectivity index (χ4n) is 3.31. The predicted octanol–water partition coefficient (Wildman–Crippen LogP) is 1.79. The third-order valence-electron chi connectivity index (χ3n) is 4.71. The van der Waals surface area contributed by atoms with Crippen LogP contribution in [0.25, 0.3) is 17.3 Å². The van der Waals surface area contributed by atoms with E-state index in [2.05, 4.69) is 35.5 Å². The van der Waals surface area contributed by atoms with Crippen molar-refractivity contribution in [3.8, 4) is 11.3 Å². The lowest BCUT2D eigenvalue weighted by atomic mass is 10.00. The second-order valence-electron chi connectivity index (χ2n) is 7.01. The van der Waals surface area contributed by atoms with Crippen molar-refractivity contribution in [1.29, 1.82) is 0 Å². The summed E-state index contributed by atoms with van der Waals surface area (Å²) in [6, 6.07) is 1.82. The van der Waals surface area contributed by atoms with E-state index in [4.69, 9.17) is 4.52 Å². The van der Waals surface area contributed by atoms with Gasteiger partial charge in [-0.3, -0.25) is 14.8 Å².